The van der Waals surface area contributed by atoms with E-state index in [1.165, 1.54) is 0 Å². The van der Waals surface area contributed by atoms with Crippen LogP contribution in [0.25, 0.3) is 10.8 Å². The molecular formula is C34H36CoN2O6. The number of phenols is 2. The van der Waals surface area contributed by atoms with Crippen LogP contribution in [0.5, 0.6) is 11.5 Å². The molecule has 0 heterocycles. The van der Waals surface area contributed by atoms with Crippen molar-refractivity contribution < 1.29 is 46.8 Å². The molecule has 4 aromatic carbocycles. The number of phenolic OH excluding ortho intramolecular Hbond substituents is 2. The van der Waals surface area contributed by atoms with Crippen molar-refractivity contribution in [2.45, 2.75) is 54.4 Å². The largest absolute Gasteiger partial charge is 2.00 e. The Bertz CT molecular complexity index is 1510. The molecule has 0 aliphatic heterocycles. The van der Waals surface area contributed by atoms with Gasteiger partial charge >= 0.3 is 16.8 Å². The number of hydrogen-bond acceptors (Lipinski definition) is 8. The van der Waals surface area contributed by atoms with Gasteiger partial charge < -0.3 is 30.0 Å². The molecule has 1 radical (unpaired) electrons. The van der Waals surface area contributed by atoms with E-state index in [4.69, 9.17) is 29.8 Å². The SMILES string of the molecule is CC(=O)[O-].CC(=O)[O-].CCc1cc(C)cc(C=Nc2cccc3cccc(N=Cc4cc(C)cc(CC)c4O)c23)c1O.[Co+2]. The Kier molecular flexibility index (Phi) is 14.9. The number of aryl methyl sites for hydroxylation is 4. The van der Waals surface area contributed by atoms with Crippen molar-refractivity contribution >= 4 is 46.5 Å². The number of aromatic hydroxyl groups is 2. The van der Waals surface area contributed by atoms with Gasteiger partial charge in [0.25, 0.3) is 0 Å². The van der Waals surface area contributed by atoms with Crippen molar-refractivity contribution in [1.29, 1.82) is 0 Å². The van der Waals surface area contributed by atoms with Crippen LogP contribution >= 0.6 is 0 Å². The second-order valence-corrected chi connectivity index (χ2v) is 9.58. The van der Waals surface area contributed by atoms with Gasteiger partial charge in [-0.15, -0.1) is 0 Å². The third-order valence-electron chi connectivity index (χ3n) is 6.03. The predicted molar refractivity (Wildman–Crippen MR) is 164 cm³/mol. The molecule has 0 atom stereocenters. The van der Waals surface area contributed by atoms with Crippen LogP contribution in [0.3, 0.4) is 0 Å². The zero-order valence-electron chi connectivity index (χ0n) is 25.1. The molecule has 227 valence electrons. The molecule has 9 heteroatoms. The fourth-order valence-electron chi connectivity index (χ4n) is 4.30. The summed E-state index contributed by atoms with van der Waals surface area (Å²) in [5, 5.41) is 41.0. The molecule has 2 N–H and O–H groups in total. The van der Waals surface area contributed by atoms with Gasteiger partial charge in [0.15, 0.2) is 0 Å². The van der Waals surface area contributed by atoms with Gasteiger partial charge in [0.2, 0.25) is 0 Å². The molecule has 0 spiro atoms. The third-order valence-corrected chi connectivity index (χ3v) is 6.03. The number of fused-ring (bicyclic) bond motifs is 1. The number of nitrogens with zero attached hydrogens (tertiary/aromatic N) is 2. The van der Waals surface area contributed by atoms with E-state index in [1.54, 1.807) is 12.4 Å². The molecule has 4 rings (SSSR count). The normalized spacial score (nSPS) is 10.5. The fraction of sp³-hybridized carbons (Fsp3) is 0.235. The maximum absolute atomic E-state index is 10.6. The summed E-state index contributed by atoms with van der Waals surface area (Å²) in [6.45, 7) is 10.0. The first kappa shape index (κ1) is 36.6. The number of rotatable bonds is 6. The monoisotopic (exact) mass is 627 g/mol. The Morgan fingerprint density at radius 2 is 1.07 bits per heavy atom. The molecule has 0 aromatic heterocycles. The van der Waals surface area contributed by atoms with Gasteiger partial charge in [0.1, 0.15) is 11.5 Å². The Hall–Kier alpha value is -4.47. The molecule has 0 saturated carbocycles. The molecule has 0 saturated heterocycles. The topological polar surface area (TPSA) is 145 Å². The number of carbonyl (C=O) groups is 2. The van der Waals surface area contributed by atoms with Gasteiger partial charge in [-0.2, -0.15) is 0 Å². The summed E-state index contributed by atoms with van der Waals surface area (Å²) in [6.07, 6.45) is 4.95. The van der Waals surface area contributed by atoms with E-state index < -0.39 is 11.9 Å². The van der Waals surface area contributed by atoms with E-state index in [0.717, 1.165) is 71.1 Å². The van der Waals surface area contributed by atoms with Crippen molar-refractivity contribution in [1.82, 2.24) is 0 Å². The van der Waals surface area contributed by atoms with Crippen LogP contribution in [0.1, 0.15) is 61.1 Å². The van der Waals surface area contributed by atoms with Gasteiger partial charge in [-0.25, -0.2) is 0 Å². The fourth-order valence-corrected chi connectivity index (χ4v) is 4.30. The number of aliphatic carboxylic acids is 2. The molecule has 0 fully saturated rings. The van der Waals surface area contributed by atoms with Gasteiger partial charge in [0, 0.05) is 40.9 Å². The summed E-state index contributed by atoms with van der Waals surface area (Å²) >= 11 is 0. The first-order valence-electron chi connectivity index (χ1n) is 13.5. The Balaban J connectivity index is 0.000000917. The third kappa shape index (κ3) is 11.0. The molecule has 8 nitrogen and oxygen atoms in total. The molecular weight excluding hydrogens is 591 g/mol. The van der Waals surface area contributed by atoms with Crippen molar-refractivity contribution in [3.8, 4) is 11.5 Å². The van der Waals surface area contributed by atoms with Crippen molar-refractivity contribution in [2.75, 3.05) is 0 Å². The van der Waals surface area contributed by atoms with Crippen molar-refractivity contribution in [3.63, 3.8) is 0 Å². The van der Waals surface area contributed by atoms with E-state index in [1.807, 2.05) is 88.4 Å². The van der Waals surface area contributed by atoms with Crippen LogP contribution in [0, 0.1) is 13.8 Å². The standard InChI is InChI=1S/C30H30N2O2.2C2H4O2.Co/c1-5-21-13-19(3)15-24(29(21)33)17-31-26-11-7-9-23-10-8-12-27(28(23)26)32-18-25-16-20(4)14-22(6-2)30(25)34;2*1-2(3)4;/h7-18,33-34H,5-6H2,1-4H3;2*1H3,(H,3,4);/q;;;+2/p-2. The summed E-state index contributed by atoms with van der Waals surface area (Å²) < 4.78 is 0. The van der Waals surface area contributed by atoms with Crippen LogP contribution < -0.4 is 10.2 Å². The van der Waals surface area contributed by atoms with E-state index >= 15 is 0 Å². The van der Waals surface area contributed by atoms with Crippen molar-refractivity contribution in [3.05, 3.63) is 94.0 Å². The smallest absolute Gasteiger partial charge is 0.550 e. The molecule has 0 bridgehead atoms. The maximum Gasteiger partial charge on any atom is 2.00 e. The first-order valence-corrected chi connectivity index (χ1v) is 13.5. The Morgan fingerprint density at radius 1 is 0.721 bits per heavy atom. The van der Waals surface area contributed by atoms with Crippen LogP contribution in [0.4, 0.5) is 11.4 Å². The number of carboxylic acid groups (broad SMARTS) is 2. The first-order chi connectivity index (χ1) is 19.9. The van der Waals surface area contributed by atoms with E-state index in [0.29, 0.717) is 11.1 Å². The Labute approximate surface area is 262 Å². The summed E-state index contributed by atoms with van der Waals surface area (Å²) in [5.74, 6) is -1.62. The van der Waals surface area contributed by atoms with Gasteiger partial charge in [-0.1, -0.05) is 50.2 Å². The molecule has 0 amide bonds. The zero-order chi connectivity index (χ0) is 31.4. The average molecular weight is 628 g/mol. The zero-order valence-corrected chi connectivity index (χ0v) is 26.1. The van der Waals surface area contributed by atoms with Gasteiger partial charge in [-0.3, -0.25) is 9.98 Å². The number of carbonyl (C=O) groups excluding carboxylic acids is 2. The number of hydrogen-bond donors (Lipinski definition) is 2. The van der Waals surface area contributed by atoms with E-state index in [2.05, 4.69) is 0 Å². The molecule has 0 unspecified atom stereocenters. The summed E-state index contributed by atoms with van der Waals surface area (Å²) in [4.78, 5) is 27.3. The quantitative estimate of drug-likeness (QED) is 0.288. The van der Waals surface area contributed by atoms with Crippen LogP contribution in [0.15, 0.2) is 70.6 Å². The molecule has 43 heavy (non-hydrogen) atoms. The summed E-state index contributed by atoms with van der Waals surface area (Å²) in [6, 6.07) is 19.8. The predicted octanol–water partition coefficient (Wildman–Crippen LogP) is 5.00. The van der Waals surface area contributed by atoms with E-state index in [-0.39, 0.29) is 28.3 Å². The van der Waals surface area contributed by atoms with Crippen LogP contribution in [0.2, 0.25) is 0 Å². The molecule has 4 aromatic rings. The number of carboxylic acids is 2. The minimum absolute atomic E-state index is 0. The number of aliphatic imine (C=N–C) groups is 2. The minimum atomic E-state index is -1.08. The molecule has 0 aliphatic carbocycles. The summed E-state index contributed by atoms with van der Waals surface area (Å²) in [7, 11) is 0. The van der Waals surface area contributed by atoms with Crippen LogP contribution in [-0.2, 0) is 39.2 Å². The van der Waals surface area contributed by atoms with Gasteiger partial charge in [0.05, 0.1) is 11.4 Å². The van der Waals surface area contributed by atoms with Crippen molar-refractivity contribution in [2.24, 2.45) is 9.98 Å². The van der Waals surface area contributed by atoms with Gasteiger partial charge in [-0.05, 0) is 92.4 Å². The Morgan fingerprint density at radius 3 is 1.40 bits per heavy atom. The second kappa shape index (κ2) is 17.5. The van der Waals surface area contributed by atoms with Crippen LogP contribution in [-0.4, -0.2) is 34.6 Å². The average Bonchev–Trinajstić information content (AvgIpc) is 2.92. The number of benzene rings is 4. The maximum atomic E-state index is 10.6. The minimum Gasteiger partial charge on any atom is -0.550 e. The van der Waals surface area contributed by atoms with E-state index in [9.17, 15) is 10.2 Å². The summed E-state index contributed by atoms with van der Waals surface area (Å²) in [5.41, 5.74) is 6.94. The molecule has 0 aliphatic rings. The second-order valence-electron chi connectivity index (χ2n) is 9.58.